The third kappa shape index (κ3) is 5.90. The van der Waals surface area contributed by atoms with Gasteiger partial charge in [0.2, 0.25) is 5.91 Å². The summed E-state index contributed by atoms with van der Waals surface area (Å²) in [5.74, 6) is -0.0360. The van der Waals surface area contributed by atoms with Crippen LogP contribution in [0.2, 0.25) is 0 Å². The second-order valence-electron chi connectivity index (χ2n) is 3.28. The minimum absolute atomic E-state index is 0.0333. The van der Waals surface area contributed by atoms with E-state index in [1.807, 2.05) is 0 Å². The second kappa shape index (κ2) is 7.73. The van der Waals surface area contributed by atoms with Gasteiger partial charge >= 0.3 is 0 Å². The fourth-order valence-corrected chi connectivity index (χ4v) is 1.09. The van der Waals surface area contributed by atoms with Crippen LogP contribution in [0.5, 0.6) is 0 Å². The number of aliphatic hydroxyl groups excluding tert-OH is 1. The van der Waals surface area contributed by atoms with Gasteiger partial charge in [0, 0.05) is 32.7 Å². The third-order valence-corrected chi connectivity index (χ3v) is 1.78. The van der Waals surface area contributed by atoms with Gasteiger partial charge in [-0.15, -0.1) is 0 Å². The van der Waals surface area contributed by atoms with Crippen molar-refractivity contribution in [3.63, 3.8) is 0 Å². The molecular weight excluding hydrogens is 184 g/mol. The number of nitrogens with two attached hydrogens (primary N) is 1. The van der Waals surface area contributed by atoms with E-state index >= 15 is 0 Å². The zero-order valence-corrected chi connectivity index (χ0v) is 8.90. The molecule has 5 heteroatoms. The lowest BCUT2D eigenvalue weighted by molar-refractivity contribution is -0.132. The minimum Gasteiger partial charge on any atom is -0.395 e. The zero-order chi connectivity index (χ0) is 11.0. The molecule has 0 bridgehead atoms. The van der Waals surface area contributed by atoms with Crippen LogP contribution in [-0.2, 0) is 9.53 Å². The molecule has 1 unspecified atom stereocenters. The summed E-state index contributed by atoms with van der Waals surface area (Å²) in [5.41, 5.74) is 5.51. The maximum Gasteiger partial charge on any atom is 0.224 e. The molecule has 0 aliphatic carbocycles. The molecule has 0 saturated heterocycles. The molecule has 0 spiro atoms. The molecule has 3 N–H and O–H groups in total. The van der Waals surface area contributed by atoms with E-state index in [9.17, 15) is 4.79 Å². The highest BCUT2D eigenvalue weighted by Gasteiger charge is 2.13. The standard InChI is InChI=1S/C9H20N2O3/c1-8(10)7-9(13)11(3-5-12)4-6-14-2/h8,12H,3-7,10H2,1-2H3. The number of hydrogen-bond donors (Lipinski definition) is 2. The molecule has 0 aliphatic rings. The van der Waals surface area contributed by atoms with Crippen LogP contribution in [0.3, 0.4) is 0 Å². The Hall–Kier alpha value is -0.650. The highest BCUT2D eigenvalue weighted by Crippen LogP contribution is 1.96. The monoisotopic (exact) mass is 204 g/mol. The van der Waals surface area contributed by atoms with Crippen molar-refractivity contribution < 1.29 is 14.6 Å². The first-order valence-electron chi connectivity index (χ1n) is 4.75. The Kier molecular flexibility index (Phi) is 7.37. The molecule has 0 rings (SSSR count). The summed E-state index contributed by atoms with van der Waals surface area (Å²) >= 11 is 0. The number of hydrogen-bond acceptors (Lipinski definition) is 4. The Morgan fingerprint density at radius 2 is 2.21 bits per heavy atom. The van der Waals surface area contributed by atoms with Crippen molar-refractivity contribution in [1.29, 1.82) is 0 Å². The van der Waals surface area contributed by atoms with Crippen molar-refractivity contribution >= 4 is 5.91 Å². The third-order valence-electron chi connectivity index (χ3n) is 1.78. The molecule has 1 amide bonds. The molecule has 1 atom stereocenters. The summed E-state index contributed by atoms with van der Waals surface area (Å²) < 4.78 is 4.87. The number of amides is 1. The summed E-state index contributed by atoms with van der Waals surface area (Å²) in [6.07, 6.45) is 0.309. The summed E-state index contributed by atoms with van der Waals surface area (Å²) in [5, 5.41) is 8.75. The summed E-state index contributed by atoms with van der Waals surface area (Å²) in [6.45, 7) is 3.07. The molecule has 5 nitrogen and oxygen atoms in total. The molecular formula is C9H20N2O3. The van der Waals surface area contributed by atoms with Crippen LogP contribution >= 0.6 is 0 Å². The van der Waals surface area contributed by atoms with Gasteiger partial charge < -0.3 is 20.5 Å². The highest BCUT2D eigenvalue weighted by molar-refractivity contribution is 5.76. The van der Waals surface area contributed by atoms with E-state index in [1.54, 1.807) is 18.9 Å². The highest BCUT2D eigenvalue weighted by atomic mass is 16.5. The predicted molar refractivity (Wildman–Crippen MR) is 53.8 cm³/mol. The number of methoxy groups -OCH3 is 1. The van der Waals surface area contributed by atoms with Gasteiger partial charge in [-0.25, -0.2) is 0 Å². The van der Waals surface area contributed by atoms with Crippen molar-refractivity contribution in [3.05, 3.63) is 0 Å². The molecule has 0 aromatic heterocycles. The molecule has 0 saturated carbocycles. The average molecular weight is 204 g/mol. The van der Waals surface area contributed by atoms with Crippen LogP contribution in [0, 0.1) is 0 Å². The Morgan fingerprint density at radius 1 is 1.57 bits per heavy atom. The number of carbonyl (C=O) groups is 1. The van der Waals surface area contributed by atoms with Crippen LogP contribution in [0.4, 0.5) is 0 Å². The lowest BCUT2D eigenvalue weighted by Crippen LogP contribution is -2.38. The quantitative estimate of drug-likeness (QED) is 0.569. The van der Waals surface area contributed by atoms with Crippen LogP contribution in [-0.4, -0.2) is 55.4 Å². The Bertz CT molecular complexity index is 162. The van der Waals surface area contributed by atoms with E-state index in [0.29, 0.717) is 26.1 Å². The van der Waals surface area contributed by atoms with E-state index in [2.05, 4.69) is 0 Å². The largest absolute Gasteiger partial charge is 0.395 e. The van der Waals surface area contributed by atoms with Crippen LogP contribution < -0.4 is 5.73 Å². The number of aliphatic hydroxyl groups is 1. The fraction of sp³-hybridized carbons (Fsp3) is 0.889. The molecule has 14 heavy (non-hydrogen) atoms. The van der Waals surface area contributed by atoms with Gasteiger partial charge in [0.05, 0.1) is 13.2 Å². The molecule has 0 radical (unpaired) electrons. The molecule has 0 aromatic rings. The smallest absolute Gasteiger partial charge is 0.224 e. The molecule has 0 heterocycles. The number of nitrogens with zero attached hydrogens (tertiary/aromatic N) is 1. The number of ether oxygens (including phenoxy) is 1. The zero-order valence-electron chi connectivity index (χ0n) is 8.90. The summed E-state index contributed by atoms with van der Waals surface area (Å²) in [7, 11) is 1.58. The maximum absolute atomic E-state index is 11.5. The predicted octanol–water partition coefficient (Wildman–Crippen LogP) is -0.809. The van der Waals surface area contributed by atoms with E-state index in [1.165, 1.54) is 0 Å². The van der Waals surface area contributed by atoms with Crippen molar-refractivity contribution in [1.82, 2.24) is 4.90 Å². The van der Waals surface area contributed by atoms with Crippen LogP contribution in [0.25, 0.3) is 0 Å². The van der Waals surface area contributed by atoms with E-state index in [4.69, 9.17) is 15.6 Å². The topological polar surface area (TPSA) is 75.8 Å². The molecule has 0 fully saturated rings. The van der Waals surface area contributed by atoms with Gasteiger partial charge in [-0.1, -0.05) is 0 Å². The fourth-order valence-electron chi connectivity index (χ4n) is 1.09. The van der Waals surface area contributed by atoms with Crippen molar-refractivity contribution in [3.8, 4) is 0 Å². The van der Waals surface area contributed by atoms with Gasteiger partial charge in [0.15, 0.2) is 0 Å². The van der Waals surface area contributed by atoms with Crippen LogP contribution in [0.1, 0.15) is 13.3 Å². The van der Waals surface area contributed by atoms with Crippen molar-refractivity contribution in [2.45, 2.75) is 19.4 Å². The number of carbonyl (C=O) groups excluding carboxylic acids is 1. The van der Waals surface area contributed by atoms with E-state index in [0.717, 1.165) is 0 Å². The first kappa shape index (κ1) is 13.4. The Labute approximate surface area is 84.8 Å². The van der Waals surface area contributed by atoms with Gasteiger partial charge in [-0.2, -0.15) is 0 Å². The second-order valence-corrected chi connectivity index (χ2v) is 3.28. The summed E-state index contributed by atoms with van der Waals surface area (Å²) in [6, 6.07) is -0.147. The lowest BCUT2D eigenvalue weighted by atomic mass is 10.2. The van der Waals surface area contributed by atoms with Crippen molar-refractivity contribution in [2.24, 2.45) is 5.73 Å². The van der Waals surface area contributed by atoms with Gasteiger partial charge in [0.1, 0.15) is 0 Å². The normalized spacial score (nSPS) is 12.6. The van der Waals surface area contributed by atoms with Crippen LogP contribution in [0.15, 0.2) is 0 Å². The maximum atomic E-state index is 11.5. The first-order valence-corrected chi connectivity index (χ1v) is 4.75. The Morgan fingerprint density at radius 3 is 2.64 bits per heavy atom. The number of rotatable bonds is 7. The Balaban J connectivity index is 3.97. The van der Waals surface area contributed by atoms with E-state index in [-0.39, 0.29) is 18.6 Å². The molecule has 84 valence electrons. The van der Waals surface area contributed by atoms with Crippen molar-refractivity contribution in [2.75, 3.05) is 33.4 Å². The van der Waals surface area contributed by atoms with E-state index < -0.39 is 0 Å². The molecule has 0 aliphatic heterocycles. The first-order chi connectivity index (χ1) is 6.61. The van der Waals surface area contributed by atoms with Gasteiger partial charge in [0.25, 0.3) is 0 Å². The average Bonchev–Trinajstić information content (AvgIpc) is 2.10. The SMILES string of the molecule is COCCN(CCO)C(=O)CC(C)N. The molecule has 0 aromatic carbocycles. The summed E-state index contributed by atoms with van der Waals surface area (Å²) in [4.78, 5) is 13.1. The lowest BCUT2D eigenvalue weighted by Gasteiger charge is -2.22. The van der Waals surface area contributed by atoms with Gasteiger partial charge in [-0.05, 0) is 6.92 Å². The van der Waals surface area contributed by atoms with Gasteiger partial charge in [-0.3, -0.25) is 4.79 Å². The minimum atomic E-state index is -0.147.